The SMILES string of the molecule is COC1(CC(N)c2cc3[nH]c(=O)[nH]c3cc2Br)CCC1. The van der Waals surface area contributed by atoms with Gasteiger partial charge < -0.3 is 20.4 Å². The van der Waals surface area contributed by atoms with Crippen LogP contribution < -0.4 is 11.4 Å². The second-order valence-corrected chi connectivity index (χ2v) is 6.40. The molecule has 0 saturated heterocycles. The topological polar surface area (TPSA) is 83.9 Å². The van der Waals surface area contributed by atoms with Crippen molar-refractivity contribution in [3.63, 3.8) is 0 Å². The van der Waals surface area contributed by atoms with Crippen LogP contribution in [0.15, 0.2) is 21.4 Å². The van der Waals surface area contributed by atoms with Crippen LogP contribution >= 0.6 is 15.9 Å². The number of ether oxygens (including phenoxy) is 1. The van der Waals surface area contributed by atoms with Crippen LogP contribution in [-0.2, 0) is 4.74 Å². The summed E-state index contributed by atoms with van der Waals surface area (Å²) in [6, 6.07) is 3.71. The molecule has 6 heteroatoms. The normalized spacial score (nSPS) is 18.9. The first kappa shape index (κ1) is 13.9. The minimum Gasteiger partial charge on any atom is -0.378 e. The van der Waals surface area contributed by atoms with Crippen molar-refractivity contribution < 1.29 is 4.74 Å². The highest BCUT2D eigenvalue weighted by Crippen LogP contribution is 2.42. The maximum Gasteiger partial charge on any atom is 0.323 e. The molecule has 1 aliphatic rings. The summed E-state index contributed by atoms with van der Waals surface area (Å²) >= 11 is 3.54. The summed E-state index contributed by atoms with van der Waals surface area (Å²) in [6.45, 7) is 0. The summed E-state index contributed by atoms with van der Waals surface area (Å²) in [5.74, 6) is 0. The maximum absolute atomic E-state index is 11.3. The van der Waals surface area contributed by atoms with Crippen LogP contribution in [0.2, 0.25) is 0 Å². The van der Waals surface area contributed by atoms with E-state index in [2.05, 4.69) is 25.9 Å². The smallest absolute Gasteiger partial charge is 0.323 e. The number of imidazole rings is 1. The Kier molecular flexibility index (Phi) is 3.48. The van der Waals surface area contributed by atoms with E-state index in [1.54, 1.807) is 7.11 Å². The third-order valence-electron chi connectivity index (χ3n) is 4.32. The van der Waals surface area contributed by atoms with Crippen LogP contribution in [0.3, 0.4) is 0 Å². The zero-order valence-corrected chi connectivity index (χ0v) is 12.9. The number of fused-ring (bicyclic) bond motifs is 1. The number of halogens is 1. The average molecular weight is 340 g/mol. The van der Waals surface area contributed by atoms with Gasteiger partial charge in [-0.05, 0) is 43.4 Å². The molecule has 0 radical (unpaired) electrons. The lowest BCUT2D eigenvalue weighted by atomic mass is 9.75. The van der Waals surface area contributed by atoms with Crippen molar-refractivity contribution in [1.29, 1.82) is 0 Å². The van der Waals surface area contributed by atoms with Gasteiger partial charge in [0.2, 0.25) is 0 Å². The Labute approximate surface area is 125 Å². The Morgan fingerprint density at radius 2 is 2.05 bits per heavy atom. The Hall–Kier alpha value is -1.11. The van der Waals surface area contributed by atoms with Gasteiger partial charge in [0, 0.05) is 17.6 Å². The molecule has 0 amide bonds. The summed E-state index contributed by atoms with van der Waals surface area (Å²) in [4.78, 5) is 16.8. The Balaban J connectivity index is 1.92. The number of aromatic nitrogens is 2. The molecule has 1 fully saturated rings. The van der Waals surface area contributed by atoms with Gasteiger partial charge >= 0.3 is 5.69 Å². The first-order chi connectivity index (χ1) is 9.53. The zero-order valence-electron chi connectivity index (χ0n) is 11.3. The predicted molar refractivity (Wildman–Crippen MR) is 81.8 cm³/mol. The number of methoxy groups -OCH3 is 1. The van der Waals surface area contributed by atoms with Gasteiger partial charge in [0.1, 0.15) is 0 Å². The molecular formula is C14H18BrN3O2. The van der Waals surface area contributed by atoms with Gasteiger partial charge in [-0.15, -0.1) is 0 Å². The second-order valence-electron chi connectivity index (χ2n) is 5.55. The molecule has 1 heterocycles. The van der Waals surface area contributed by atoms with Gasteiger partial charge in [-0.3, -0.25) is 0 Å². The second kappa shape index (κ2) is 5.02. The molecule has 0 bridgehead atoms. The zero-order chi connectivity index (χ0) is 14.3. The molecule has 1 unspecified atom stereocenters. The molecular weight excluding hydrogens is 322 g/mol. The molecule has 108 valence electrons. The third-order valence-corrected chi connectivity index (χ3v) is 5.01. The average Bonchev–Trinajstić information content (AvgIpc) is 2.71. The summed E-state index contributed by atoms with van der Waals surface area (Å²) in [5, 5.41) is 0. The van der Waals surface area contributed by atoms with E-state index >= 15 is 0 Å². The fraction of sp³-hybridized carbons (Fsp3) is 0.500. The molecule has 4 N–H and O–H groups in total. The lowest BCUT2D eigenvalue weighted by Gasteiger charge is -2.42. The van der Waals surface area contributed by atoms with Crippen molar-refractivity contribution in [2.45, 2.75) is 37.3 Å². The van der Waals surface area contributed by atoms with E-state index in [0.29, 0.717) is 0 Å². The van der Waals surface area contributed by atoms with Crippen molar-refractivity contribution in [3.05, 3.63) is 32.7 Å². The lowest BCUT2D eigenvalue weighted by Crippen LogP contribution is -2.41. The Morgan fingerprint density at radius 1 is 1.40 bits per heavy atom. The van der Waals surface area contributed by atoms with Crippen molar-refractivity contribution in [3.8, 4) is 0 Å². The number of rotatable bonds is 4. The van der Waals surface area contributed by atoms with Crippen molar-refractivity contribution in [2.75, 3.05) is 7.11 Å². The largest absolute Gasteiger partial charge is 0.378 e. The predicted octanol–water partition coefficient (Wildman–Crippen LogP) is 2.58. The van der Waals surface area contributed by atoms with Crippen molar-refractivity contribution in [1.82, 2.24) is 9.97 Å². The molecule has 2 aromatic rings. The molecule has 3 rings (SSSR count). The highest BCUT2D eigenvalue weighted by molar-refractivity contribution is 9.10. The van der Waals surface area contributed by atoms with Crippen LogP contribution in [0.25, 0.3) is 11.0 Å². The number of nitrogens with two attached hydrogens (primary N) is 1. The van der Waals surface area contributed by atoms with E-state index in [4.69, 9.17) is 10.5 Å². The first-order valence-electron chi connectivity index (χ1n) is 6.75. The lowest BCUT2D eigenvalue weighted by molar-refractivity contribution is -0.0817. The molecule has 1 atom stereocenters. The van der Waals surface area contributed by atoms with Gasteiger partial charge in [-0.2, -0.15) is 0 Å². The standard InChI is InChI=1S/C14H18BrN3O2/c1-20-14(3-2-4-14)7-10(16)8-5-11-12(6-9(8)15)18-13(19)17-11/h5-6,10H,2-4,7,16H2,1H3,(H2,17,18,19). The maximum atomic E-state index is 11.3. The molecule has 5 nitrogen and oxygen atoms in total. The van der Waals surface area contributed by atoms with Crippen molar-refractivity contribution in [2.24, 2.45) is 5.73 Å². The quantitative estimate of drug-likeness (QED) is 0.800. The number of nitrogens with one attached hydrogen (secondary N) is 2. The van der Waals surface area contributed by atoms with Crippen LogP contribution in [0.1, 0.15) is 37.3 Å². The monoisotopic (exact) mass is 339 g/mol. The summed E-state index contributed by atoms with van der Waals surface area (Å²) in [6.07, 6.45) is 4.13. The molecule has 20 heavy (non-hydrogen) atoms. The minimum absolute atomic E-state index is 0.0701. The molecule has 0 spiro atoms. The molecule has 1 aromatic carbocycles. The van der Waals surface area contributed by atoms with Crippen LogP contribution in [0.4, 0.5) is 0 Å². The number of aromatic amines is 2. The highest BCUT2D eigenvalue weighted by Gasteiger charge is 2.38. The molecule has 1 aliphatic carbocycles. The fourth-order valence-corrected chi connectivity index (χ4v) is 3.57. The molecule has 1 saturated carbocycles. The first-order valence-corrected chi connectivity index (χ1v) is 7.54. The van der Waals surface area contributed by atoms with E-state index in [1.807, 2.05) is 12.1 Å². The summed E-state index contributed by atoms with van der Waals surface area (Å²) in [7, 11) is 1.76. The van der Waals surface area contributed by atoms with E-state index in [-0.39, 0.29) is 17.3 Å². The summed E-state index contributed by atoms with van der Waals surface area (Å²) < 4.78 is 6.55. The molecule has 0 aliphatic heterocycles. The van der Waals surface area contributed by atoms with E-state index in [1.165, 1.54) is 6.42 Å². The van der Waals surface area contributed by atoms with Crippen LogP contribution in [0.5, 0.6) is 0 Å². The van der Waals surface area contributed by atoms with Crippen molar-refractivity contribution >= 4 is 27.0 Å². The van der Waals surface area contributed by atoms with Gasteiger partial charge in [-0.25, -0.2) is 4.79 Å². The Morgan fingerprint density at radius 3 is 2.60 bits per heavy atom. The van der Waals surface area contributed by atoms with Gasteiger partial charge in [-0.1, -0.05) is 15.9 Å². The molecule has 1 aromatic heterocycles. The van der Waals surface area contributed by atoms with E-state index in [0.717, 1.165) is 40.3 Å². The van der Waals surface area contributed by atoms with E-state index < -0.39 is 0 Å². The summed E-state index contributed by atoms with van der Waals surface area (Å²) in [5.41, 5.74) is 8.64. The van der Waals surface area contributed by atoms with E-state index in [9.17, 15) is 4.79 Å². The number of hydrogen-bond donors (Lipinski definition) is 3. The minimum atomic E-state index is -0.204. The fourth-order valence-electron chi connectivity index (χ4n) is 2.93. The number of benzene rings is 1. The highest BCUT2D eigenvalue weighted by atomic mass is 79.9. The third kappa shape index (κ3) is 2.32. The van der Waals surface area contributed by atoms with Crippen LogP contribution in [0, 0.1) is 0 Å². The van der Waals surface area contributed by atoms with Gasteiger partial charge in [0.15, 0.2) is 0 Å². The van der Waals surface area contributed by atoms with Gasteiger partial charge in [0.25, 0.3) is 0 Å². The van der Waals surface area contributed by atoms with Gasteiger partial charge in [0.05, 0.1) is 16.6 Å². The number of H-pyrrole nitrogens is 2. The Bertz CT molecular complexity index is 682. The van der Waals surface area contributed by atoms with Crippen LogP contribution in [-0.4, -0.2) is 22.7 Å². The number of hydrogen-bond acceptors (Lipinski definition) is 3.